The van der Waals surface area contributed by atoms with Gasteiger partial charge in [-0.25, -0.2) is 4.79 Å². The van der Waals surface area contributed by atoms with Gasteiger partial charge < -0.3 is 19.9 Å². The first-order chi connectivity index (χ1) is 11.0. The second-order valence-electron chi connectivity index (χ2n) is 5.29. The van der Waals surface area contributed by atoms with Gasteiger partial charge >= 0.3 is 5.69 Å². The van der Waals surface area contributed by atoms with Crippen LogP contribution in [0.15, 0.2) is 21.9 Å². The second kappa shape index (κ2) is 7.53. The molecule has 9 nitrogen and oxygen atoms in total. The van der Waals surface area contributed by atoms with Crippen molar-refractivity contribution < 1.29 is 19.4 Å². The molecule has 1 aromatic heterocycles. The lowest BCUT2D eigenvalue weighted by atomic mass is 9.94. The van der Waals surface area contributed by atoms with Gasteiger partial charge in [0.2, 0.25) is 5.91 Å². The van der Waals surface area contributed by atoms with Gasteiger partial charge in [0.1, 0.15) is 6.10 Å². The molecule has 3 N–H and O–H groups in total. The normalized spacial score (nSPS) is 27.1. The fraction of sp³-hybridized carbons (Fsp3) is 0.643. The van der Waals surface area contributed by atoms with E-state index in [9.17, 15) is 19.5 Å². The minimum Gasteiger partial charge on any atom is -0.394 e. The Balaban J connectivity index is 2.29. The third-order valence-corrected chi connectivity index (χ3v) is 3.87. The molecule has 1 fully saturated rings. The van der Waals surface area contributed by atoms with Gasteiger partial charge in [-0.05, 0) is 6.92 Å². The SMILES string of the molecule is CCNC(=O)C[C@H]1[C@@H](OC)[C@H](n2ccc(=O)[nH]c2=O)O[C@@H]1CO. The Hall–Kier alpha value is -1.97. The zero-order valence-corrected chi connectivity index (χ0v) is 13.0. The molecule has 128 valence electrons. The predicted molar refractivity (Wildman–Crippen MR) is 79.9 cm³/mol. The molecule has 9 heteroatoms. The molecule has 0 radical (unpaired) electrons. The molecule has 0 saturated carbocycles. The average molecular weight is 327 g/mol. The topological polar surface area (TPSA) is 123 Å². The lowest BCUT2D eigenvalue weighted by Crippen LogP contribution is -2.38. The lowest BCUT2D eigenvalue weighted by molar-refractivity contribution is -0.123. The molecule has 2 rings (SSSR count). The Morgan fingerprint density at radius 2 is 2.26 bits per heavy atom. The van der Waals surface area contributed by atoms with Gasteiger partial charge in [-0.1, -0.05) is 0 Å². The van der Waals surface area contributed by atoms with Gasteiger partial charge in [-0.2, -0.15) is 0 Å². The Morgan fingerprint density at radius 1 is 1.52 bits per heavy atom. The van der Waals surface area contributed by atoms with Gasteiger partial charge in [-0.3, -0.25) is 19.1 Å². The van der Waals surface area contributed by atoms with Crippen molar-refractivity contribution >= 4 is 5.91 Å². The molecule has 1 amide bonds. The van der Waals surface area contributed by atoms with Crippen molar-refractivity contribution in [1.29, 1.82) is 0 Å². The summed E-state index contributed by atoms with van der Waals surface area (Å²) in [5.74, 6) is -0.601. The van der Waals surface area contributed by atoms with E-state index < -0.39 is 35.6 Å². The van der Waals surface area contributed by atoms with Gasteiger partial charge in [0.25, 0.3) is 5.56 Å². The molecular weight excluding hydrogens is 306 g/mol. The molecule has 23 heavy (non-hydrogen) atoms. The Bertz CT molecular complexity index is 654. The number of aliphatic hydroxyl groups is 1. The van der Waals surface area contributed by atoms with Gasteiger partial charge in [-0.15, -0.1) is 0 Å². The molecule has 0 unspecified atom stereocenters. The van der Waals surface area contributed by atoms with Gasteiger partial charge in [0.15, 0.2) is 6.23 Å². The van der Waals surface area contributed by atoms with Crippen LogP contribution < -0.4 is 16.6 Å². The van der Waals surface area contributed by atoms with Gasteiger partial charge in [0, 0.05) is 38.3 Å². The monoisotopic (exact) mass is 327 g/mol. The van der Waals surface area contributed by atoms with Crippen LogP contribution in [0.4, 0.5) is 0 Å². The van der Waals surface area contributed by atoms with Crippen molar-refractivity contribution in [2.75, 3.05) is 20.3 Å². The largest absolute Gasteiger partial charge is 0.394 e. The number of carbonyl (C=O) groups is 1. The summed E-state index contributed by atoms with van der Waals surface area (Å²) in [4.78, 5) is 37.1. The predicted octanol–water partition coefficient (Wildman–Crippen LogP) is -1.42. The fourth-order valence-corrected chi connectivity index (χ4v) is 2.83. The number of nitrogens with zero attached hydrogens (tertiary/aromatic N) is 1. The maximum atomic E-state index is 11.9. The van der Waals surface area contributed by atoms with Crippen molar-refractivity contribution in [3.63, 3.8) is 0 Å². The minimum atomic E-state index is -0.832. The average Bonchev–Trinajstić information content (AvgIpc) is 2.84. The van der Waals surface area contributed by atoms with E-state index in [0.29, 0.717) is 6.54 Å². The van der Waals surface area contributed by atoms with Crippen LogP contribution >= 0.6 is 0 Å². The zero-order chi connectivity index (χ0) is 17.0. The standard InChI is InChI=1S/C14H21N3O6/c1-3-15-11(20)6-8-9(7-18)23-13(12(8)22-2)17-5-4-10(19)16-14(17)21/h4-5,8-9,12-13,18H,3,6-7H2,1-2H3,(H,15,20)(H,16,19,21)/t8-,9-,12-,13-/m1/s1. The number of aromatic nitrogens is 2. The summed E-state index contributed by atoms with van der Waals surface area (Å²) < 4.78 is 12.3. The van der Waals surface area contributed by atoms with E-state index in [1.165, 1.54) is 23.9 Å². The number of hydrogen-bond donors (Lipinski definition) is 3. The first kappa shape index (κ1) is 17.4. The molecule has 1 aromatic rings. The van der Waals surface area contributed by atoms with E-state index >= 15 is 0 Å². The summed E-state index contributed by atoms with van der Waals surface area (Å²) in [6.07, 6.45) is -0.682. The fourth-order valence-electron chi connectivity index (χ4n) is 2.83. The second-order valence-corrected chi connectivity index (χ2v) is 5.29. The Kier molecular flexibility index (Phi) is 5.69. The van der Waals surface area contributed by atoms with Crippen molar-refractivity contribution in [3.8, 4) is 0 Å². The highest BCUT2D eigenvalue weighted by Crippen LogP contribution is 2.36. The first-order valence-electron chi connectivity index (χ1n) is 7.39. The summed E-state index contributed by atoms with van der Waals surface area (Å²) >= 11 is 0. The van der Waals surface area contributed by atoms with Crippen LogP contribution in [0.1, 0.15) is 19.6 Å². The quantitative estimate of drug-likeness (QED) is 0.589. The highest BCUT2D eigenvalue weighted by molar-refractivity contribution is 5.76. The van der Waals surface area contributed by atoms with Crippen LogP contribution in [0.2, 0.25) is 0 Å². The van der Waals surface area contributed by atoms with E-state index in [1.807, 2.05) is 6.92 Å². The Labute approximate surface area is 132 Å². The first-order valence-corrected chi connectivity index (χ1v) is 7.39. The van der Waals surface area contributed by atoms with Crippen molar-refractivity contribution in [2.45, 2.75) is 31.8 Å². The molecule has 0 spiro atoms. The number of rotatable bonds is 6. The van der Waals surface area contributed by atoms with E-state index in [-0.39, 0.29) is 18.9 Å². The number of hydrogen-bond acceptors (Lipinski definition) is 6. The highest BCUT2D eigenvalue weighted by atomic mass is 16.6. The molecular formula is C14H21N3O6. The molecule has 1 saturated heterocycles. The van der Waals surface area contributed by atoms with E-state index in [1.54, 1.807) is 0 Å². The van der Waals surface area contributed by atoms with Crippen LogP contribution in [0.25, 0.3) is 0 Å². The molecule has 0 bridgehead atoms. The molecule has 2 heterocycles. The van der Waals surface area contributed by atoms with Crippen molar-refractivity contribution in [1.82, 2.24) is 14.9 Å². The molecule has 1 aliphatic heterocycles. The molecule has 0 aromatic carbocycles. The summed E-state index contributed by atoms with van der Waals surface area (Å²) in [5, 5.41) is 12.2. The number of aliphatic hydroxyl groups excluding tert-OH is 1. The third-order valence-electron chi connectivity index (χ3n) is 3.87. The number of amides is 1. The van der Waals surface area contributed by atoms with Crippen LogP contribution in [-0.4, -0.2) is 53.0 Å². The van der Waals surface area contributed by atoms with E-state index in [4.69, 9.17) is 9.47 Å². The van der Waals surface area contributed by atoms with Crippen LogP contribution in [0.3, 0.4) is 0 Å². The van der Waals surface area contributed by atoms with E-state index in [2.05, 4.69) is 10.3 Å². The summed E-state index contributed by atoms with van der Waals surface area (Å²) in [6.45, 7) is 2.00. The maximum Gasteiger partial charge on any atom is 0.330 e. The zero-order valence-electron chi connectivity index (χ0n) is 13.0. The minimum absolute atomic E-state index is 0.103. The maximum absolute atomic E-state index is 11.9. The highest BCUT2D eigenvalue weighted by Gasteiger charge is 2.46. The van der Waals surface area contributed by atoms with Crippen LogP contribution in [0.5, 0.6) is 0 Å². The smallest absolute Gasteiger partial charge is 0.330 e. The Morgan fingerprint density at radius 3 is 2.83 bits per heavy atom. The molecule has 0 aliphatic carbocycles. The summed E-state index contributed by atoms with van der Waals surface area (Å²) in [7, 11) is 1.45. The number of carbonyl (C=O) groups excluding carboxylic acids is 1. The lowest BCUT2D eigenvalue weighted by Gasteiger charge is -2.22. The van der Waals surface area contributed by atoms with E-state index in [0.717, 1.165) is 0 Å². The van der Waals surface area contributed by atoms with Gasteiger partial charge in [0.05, 0.1) is 12.7 Å². The number of nitrogens with one attached hydrogen (secondary N) is 2. The number of aromatic amines is 1. The third kappa shape index (κ3) is 3.69. The molecule has 1 aliphatic rings. The van der Waals surface area contributed by atoms with Crippen molar-refractivity contribution in [2.24, 2.45) is 5.92 Å². The number of ether oxygens (including phenoxy) is 2. The number of H-pyrrole nitrogens is 1. The molecule has 4 atom stereocenters. The van der Waals surface area contributed by atoms with Crippen molar-refractivity contribution in [3.05, 3.63) is 33.1 Å². The van der Waals surface area contributed by atoms with Crippen LogP contribution in [-0.2, 0) is 14.3 Å². The van der Waals surface area contributed by atoms with Crippen LogP contribution in [0, 0.1) is 5.92 Å². The summed E-state index contributed by atoms with van der Waals surface area (Å²) in [5.41, 5.74) is -1.16. The number of methoxy groups -OCH3 is 1. The summed E-state index contributed by atoms with van der Waals surface area (Å²) in [6, 6.07) is 1.20.